The van der Waals surface area contributed by atoms with Crippen LogP contribution in [0.5, 0.6) is 0 Å². The van der Waals surface area contributed by atoms with E-state index in [1.165, 1.54) is 12.1 Å². The third-order valence-electron chi connectivity index (χ3n) is 3.59. The fourth-order valence-corrected chi connectivity index (χ4v) is 2.68. The van der Waals surface area contributed by atoms with Gasteiger partial charge in [0, 0.05) is 23.3 Å². The standard InChI is InChI=1S/C18H11ClFN3/c19-17-10-15(12-4-2-1-3-5-12)21-18-11-16(22-23(17)18)13-6-8-14(20)9-7-13/h1-11H. The van der Waals surface area contributed by atoms with Gasteiger partial charge in [0.05, 0.1) is 11.4 Å². The van der Waals surface area contributed by atoms with Crippen molar-refractivity contribution in [3.63, 3.8) is 0 Å². The summed E-state index contributed by atoms with van der Waals surface area (Å²) in [5, 5.41) is 4.92. The average Bonchev–Trinajstić information content (AvgIpc) is 3.01. The zero-order valence-corrected chi connectivity index (χ0v) is 12.7. The SMILES string of the molecule is Fc1ccc(-c2cc3nc(-c4ccccc4)cc(Cl)n3n2)cc1. The van der Waals surface area contributed by atoms with Crippen LogP contribution in [-0.4, -0.2) is 14.6 Å². The molecule has 0 spiro atoms. The number of benzene rings is 2. The quantitative estimate of drug-likeness (QED) is 0.493. The number of hydrogen-bond acceptors (Lipinski definition) is 2. The second-order valence-corrected chi connectivity index (χ2v) is 5.52. The lowest BCUT2D eigenvalue weighted by Crippen LogP contribution is -1.94. The van der Waals surface area contributed by atoms with Crippen molar-refractivity contribution in [3.8, 4) is 22.5 Å². The van der Waals surface area contributed by atoms with Gasteiger partial charge in [-0.3, -0.25) is 0 Å². The van der Waals surface area contributed by atoms with Crippen LogP contribution < -0.4 is 0 Å². The van der Waals surface area contributed by atoms with Crippen molar-refractivity contribution in [2.75, 3.05) is 0 Å². The lowest BCUT2D eigenvalue weighted by molar-refractivity contribution is 0.628. The fourth-order valence-electron chi connectivity index (χ4n) is 2.46. The van der Waals surface area contributed by atoms with Gasteiger partial charge in [0.25, 0.3) is 0 Å². The number of fused-ring (bicyclic) bond motifs is 1. The fraction of sp³-hybridized carbons (Fsp3) is 0. The largest absolute Gasteiger partial charge is 0.228 e. The Hall–Kier alpha value is -2.72. The van der Waals surface area contributed by atoms with Crippen molar-refractivity contribution in [3.05, 3.63) is 77.7 Å². The topological polar surface area (TPSA) is 30.2 Å². The van der Waals surface area contributed by atoms with E-state index >= 15 is 0 Å². The first-order valence-electron chi connectivity index (χ1n) is 7.08. The van der Waals surface area contributed by atoms with Crippen LogP contribution in [0, 0.1) is 5.82 Å². The number of halogens is 2. The highest BCUT2D eigenvalue weighted by atomic mass is 35.5. The highest BCUT2D eigenvalue weighted by molar-refractivity contribution is 6.30. The summed E-state index contributed by atoms with van der Waals surface area (Å²) in [6.07, 6.45) is 0. The van der Waals surface area contributed by atoms with E-state index in [0.717, 1.165) is 16.8 Å². The van der Waals surface area contributed by atoms with Gasteiger partial charge in [-0.05, 0) is 24.3 Å². The minimum atomic E-state index is -0.278. The number of hydrogen-bond donors (Lipinski definition) is 0. The second kappa shape index (κ2) is 5.48. The molecule has 4 aromatic rings. The number of aromatic nitrogens is 3. The molecule has 3 nitrogen and oxygen atoms in total. The van der Waals surface area contributed by atoms with Gasteiger partial charge in [-0.1, -0.05) is 41.9 Å². The molecule has 0 unspecified atom stereocenters. The van der Waals surface area contributed by atoms with Gasteiger partial charge in [-0.2, -0.15) is 5.10 Å². The summed E-state index contributed by atoms with van der Waals surface area (Å²) < 4.78 is 14.6. The van der Waals surface area contributed by atoms with Crippen LogP contribution in [0.3, 0.4) is 0 Å². The molecule has 0 atom stereocenters. The Morgan fingerprint density at radius 2 is 1.52 bits per heavy atom. The highest BCUT2D eigenvalue weighted by Crippen LogP contribution is 2.25. The van der Waals surface area contributed by atoms with Crippen molar-refractivity contribution in [1.82, 2.24) is 14.6 Å². The van der Waals surface area contributed by atoms with Crippen LogP contribution in [0.15, 0.2) is 66.7 Å². The first-order valence-corrected chi connectivity index (χ1v) is 7.46. The maximum Gasteiger partial charge on any atom is 0.158 e. The molecule has 0 N–H and O–H groups in total. The van der Waals surface area contributed by atoms with Gasteiger partial charge in [-0.15, -0.1) is 0 Å². The first-order chi connectivity index (χ1) is 11.2. The maximum absolute atomic E-state index is 13.1. The van der Waals surface area contributed by atoms with E-state index in [1.807, 2.05) is 36.4 Å². The molecule has 0 fully saturated rings. The Kier molecular flexibility index (Phi) is 3.32. The van der Waals surface area contributed by atoms with E-state index < -0.39 is 0 Å². The molecule has 112 valence electrons. The molecule has 5 heteroatoms. The van der Waals surface area contributed by atoms with Crippen LogP contribution in [0.2, 0.25) is 5.15 Å². The Labute approximate surface area is 137 Å². The molecule has 0 saturated heterocycles. The molecule has 0 aliphatic rings. The van der Waals surface area contributed by atoms with Crippen LogP contribution in [-0.2, 0) is 0 Å². The zero-order valence-electron chi connectivity index (χ0n) is 11.9. The van der Waals surface area contributed by atoms with E-state index in [1.54, 1.807) is 22.7 Å². The molecule has 0 bridgehead atoms. The molecule has 4 rings (SSSR count). The van der Waals surface area contributed by atoms with Crippen LogP contribution in [0.25, 0.3) is 28.2 Å². The van der Waals surface area contributed by atoms with Crippen molar-refractivity contribution < 1.29 is 4.39 Å². The lowest BCUT2D eigenvalue weighted by atomic mass is 10.1. The summed E-state index contributed by atoms with van der Waals surface area (Å²) in [6.45, 7) is 0. The highest BCUT2D eigenvalue weighted by Gasteiger charge is 2.11. The monoisotopic (exact) mass is 323 g/mol. The van der Waals surface area contributed by atoms with Crippen molar-refractivity contribution >= 4 is 17.2 Å². The average molecular weight is 324 g/mol. The van der Waals surface area contributed by atoms with Gasteiger partial charge in [0.15, 0.2) is 5.65 Å². The Balaban J connectivity index is 1.85. The first kappa shape index (κ1) is 13.9. The molecule has 2 aromatic carbocycles. The molecule has 2 heterocycles. The minimum Gasteiger partial charge on any atom is -0.228 e. The molecule has 0 amide bonds. The molecular formula is C18H11ClFN3. The van der Waals surface area contributed by atoms with E-state index in [0.29, 0.717) is 16.5 Å². The molecule has 0 radical (unpaired) electrons. The van der Waals surface area contributed by atoms with Gasteiger partial charge >= 0.3 is 0 Å². The van der Waals surface area contributed by atoms with Gasteiger partial charge in [0.2, 0.25) is 0 Å². The normalized spacial score (nSPS) is 11.0. The van der Waals surface area contributed by atoms with Gasteiger partial charge < -0.3 is 0 Å². The predicted octanol–water partition coefficient (Wildman–Crippen LogP) is 4.86. The van der Waals surface area contributed by atoms with Crippen LogP contribution in [0.1, 0.15) is 0 Å². The summed E-state index contributed by atoms with van der Waals surface area (Å²) in [5.74, 6) is -0.278. The van der Waals surface area contributed by atoms with E-state index in [9.17, 15) is 4.39 Å². The van der Waals surface area contributed by atoms with Crippen LogP contribution >= 0.6 is 11.6 Å². The minimum absolute atomic E-state index is 0.278. The van der Waals surface area contributed by atoms with Gasteiger partial charge in [-0.25, -0.2) is 13.9 Å². The maximum atomic E-state index is 13.1. The molecule has 0 aliphatic carbocycles. The van der Waals surface area contributed by atoms with E-state index in [4.69, 9.17) is 11.6 Å². The molecule has 0 aliphatic heterocycles. The molecule has 0 saturated carbocycles. The smallest absolute Gasteiger partial charge is 0.158 e. The number of nitrogens with zero attached hydrogens (tertiary/aromatic N) is 3. The molecular weight excluding hydrogens is 313 g/mol. The zero-order chi connectivity index (χ0) is 15.8. The Morgan fingerprint density at radius 3 is 2.26 bits per heavy atom. The second-order valence-electron chi connectivity index (χ2n) is 5.14. The summed E-state index contributed by atoms with van der Waals surface area (Å²) in [7, 11) is 0. The predicted molar refractivity (Wildman–Crippen MR) is 88.8 cm³/mol. The van der Waals surface area contributed by atoms with Crippen LogP contribution in [0.4, 0.5) is 4.39 Å². The van der Waals surface area contributed by atoms with E-state index in [2.05, 4.69) is 10.1 Å². The summed E-state index contributed by atoms with van der Waals surface area (Å²) in [6, 6.07) is 19.6. The molecule has 23 heavy (non-hydrogen) atoms. The van der Waals surface area contributed by atoms with Crippen molar-refractivity contribution in [2.45, 2.75) is 0 Å². The van der Waals surface area contributed by atoms with Crippen molar-refractivity contribution in [1.29, 1.82) is 0 Å². The number of rotatable bonds is 2. The third kappa shape index (κ3) is 2.58. The Morgan fingerprint density at radius 1 is 0.826 bits per heavy atom. The molecule has 2 aromatic heterocycles. The van der Waals surface area contributed by atoms with Crippen molar-refractivity contribution in [2.24, 2.45) is 0 Å². The summed E-state index contributed by atoms with van der Waals surface area (Å²) in [4.78, 5) is 4.61. The Bertz CT molecular complexity index is 979. The van der Waals surface area contributed by atoms with E-state index in [-0.39, 0.29) is 5.82 Å². The summed E-state index contributed by atoms with van der Waals surface area (Å²) >= 11 is 6.34. The summed E-state index contributed by atoms with van der Waals surface area (Å²) in [5.41, 5.74) is 3.93. The third-order valence-corrected chi connectivity index (χ3v) is 3.86. The lowest BCUT2D eigenvalue weighted by Gasteiger charge is -2.03. The van der Waals surface area contributed by atoms with Gasteiger partial charge in [0.1, 0.15) is 11.0 Å².